The Morgan fingerprint density at radius 1 is 1.55 bits per heavy atom. The lowest BCUT2D eigenvalue weighted by Gasteiger charge is -2.29. The molecule has 1 saturated heterocycles. The van der Waals surface area contributed by atoms with Crippen LogP contribution in [0.2, 0.25) is 0 Å². The number of aliphatic hydroxyl groups is 1. The number of nitrogens with one attached hydrogen (secondary N) is 1. The van der Waals surface area contributed by atoms with E-state index in [0.29, 0.717) is 6.61 Å². The van der Waals surface area contributed by atoms with Crippen LogP contribution in [0, 0.1) is 11.8 Å². The van der Waals surface area contributed by atoms with Gasteiger partial charge in [-0.2, -0.15) is 0 Å². The molecule has 1 heterocycles. The first-order valence-electron chi connectivity index (χ1n) is 4.66. The van der Waals surface area contributed by atoms with Crippen LogP contribution in [0.25, 0.3) is 0 Å². The summed E-state index contributed by atoms with van der Waals surface area (Å²) in [6.07, 6.45) is 3.48. The van der Waals surface area contributed by atoms with E-state index in [0.717, 1.165) is 24.8 Å². The molecule has 1 rings (SSSR count). The third-order valence-corrected chi connectivity index (χ3v) is 2.70. The van der Waals surface area contributed by atoms with E-state index in [1.54, 1.807) is 0 Å². The third kappa shape index (κ3) is 2.80. The summed E-state index contributed by atoms with van der Waals surface area (Å²) >= 11 is 0. The van der Waals surface area contributed by atoms with Crippen LogP contribution in [0.4, 0.5) is 0 Å². The average molecular weight is 157 g/mol. The van der Waals surface area contributed by atoms with Crippen molar-refractivity contribution in [1.82, 2.24) is 5.32 Å². The zero-order valence-corrected chi connectivity index (χ0v) is 7.34. The average Bonchev–Trinajstić information content (AvgIpc) is 2.03. The Kier molecular flexibility index (Phi) is 3.87. The molecular weight excluding hydrogens is 138 g/mol. The number of hydrogen-bond acceptors (Lipinski definition) is 2. The van der Waals surface area contributed by atoms with Gasteiger partial charge in [-0.25, -0.2) is 0 Å². The number of piperidine rings is 1. The molecule has 2 heteroatoms. The fourth-order valence-corrected chi connectivity index (χ4v) is 1.85. The van der Waals surface area contributed by atoms with E-state index in [4.69, 9.17) is 5.11 Å². The quantitative estimate of drug-likeness (QED) is 0.640. The summed E-state index contributed by atoms with van der Waals surface area (Å²) in [4.78, 5) is 0. The monoisotopic (exact) mass is 157 g/mol. The van der Waals surface area contributed by atoms with E-state index in [9.17, 15) is 0 Å². The summed E-state index contributed by atoms with van der Waals surface area (Å²) in [7, 11) is 0. The molecule has 0 aromatic rings. The van der Waals surface area contributed by atoms with Gasteiger partial charge >= 0.3 is 0 Å². The van der Waals surface area contributed by atoms with Crippen molar-refractivity contribution in [3.8, 4) is 0 Å². The van der Waals surface area contributed by atoms with Gasteiger partial charge in [-0.3, -0.25) is 0 Å². The Hall–Kier alpha value is -0.0800. The van der Waals surface area contributed by atoms with Crippen molar-refractivity contribution in [3.63, 3.8) is 0 Å². The molecule has 2 unspecified atom stereocenters. The van der Waals surface area contributed by atoms with Gasteiger partial charge in [-0.1, -0.05) is 6.92 Å². The van der Waals surface area contributed by atoms with Crippen molar-refractivity contribution in [2.45, 2.75) is 26.2 Å². The lowest BCUT2D eigenvalue weighted by molar-refractivity contribution is 0.220. The summed E-state index contributed by atoms with van der Waals surface area (Å²) in [5, 5.41) is 12.0. The van der Waals surface area contributed by atoms with Crippen LogP contribution in [0.5, 0.6) is 0 Å². The molecule has 66 valence electrons. The second-order valence-corrected chi connectivity index (χ2v) is 3.60. The number of rotatable bonds is 3. The summed E-state index contributed by atoms with van der Waals surface area (Å²) in [5.74, 6) is 1.65. The lowest BCUT2D eigenvalue weighted by Crippen LogP contribution is -2.35. The smallest absolute Gasteiger partial charge is 0.0431 e. The Bertz CT molecular complexity index is 106. The van der Waals surface area contributed by atoms with Crippen LogP contribution in [0.1, 0.15) is 26.2 Å². The fraction of sp³-hybridized carbons (Fsp3) is 1.00. The fourth-order valence-electron chi connectivity index (χ4n) is 1.85. The standard InChI is InChI=1S/C9H19NO/c1-8-7-10-5-4-9(8)3-2-6-11/h8-11H,2-7H2,1H3. The highest BCUT2D eigenvalue weighted by atomic mass is 16.2. The molecule has 0 spiro atoms. The van der Waals surface area contributed by atoms with Gasteiger partial charge in [0.25, 0.3) is 0 Å². The van der Waals surface area contributed by atoms with Gasteiger partial charge in [0.15, 0.2) is 0 Å². The van der Waals surface area contributed by atoms with Crippen LogP contribution in [-0.2, 0) is 0 Å². The maximum atomic E-state index is 8.67. The number of aliphatic hydroxyl groups excluding tert-OH is 1. The summed E-state index contributed by atoms with van der Waals surface area (Å²) in [6, 6.07) is 0. The minimum Gasteiger partial charge on any atom is -0.396 e. The summed E-state index contributed by atoms with van der Waals surface area (Å²) in [5.41, 5.74) is 0. The maximum absolute atomic E-state index is 8.67. The summed E-state index contributed by atoms with van der Waals surface area (Å²) in [6.45, 7) is 4.99. The molecule has 2 nitrogen and oxygen atoms in total. The molecule has 1 aliphatic rings. The molecule has 0 aliphatic carbocycles. The molecule has 0 aromatic carbocycles. The van der Waals surface area contributed by atoms with Gasteiger partial charge in [0.05, 0.1) is 0 Å². The molecule has 1 fully saturated rings. The van der Waals surface area contributed by atoms with Crippen LogP contribution in [0.15, 0.2) is 0 Å². The summed E-state index contributed by atoms with van der Waals surface area (Å²) < 4.78 is 0. The Morgan fingerprint density at radius 3 is 3.00 bits per heavy atom. The Labute approximate surface area is 69.0 Å². The molecular formula is C9H19NO. The normalized spacial score (nSPS) is 32.2. The van der Waals surface area contributed by atoms with Gasteiger partial charge in [0.2, 0.25) is 0 Å². The molecule has 2 N–H and O–H groups in total. The van der Waals surface area contributed by atoms with E-state index in [1.807, 2.05) is 0 Å². The van der Waals surface area contributed by atoms with E-state index in [2.05, 4.69) is 12.2 Å². The van der Waals surface area contributed by atoms with Gasteiger partial charge in [0.1, 0.15) is 0 Å². The van der Waals surface area contributed by atoms with Crippen LogP contribution in [0.3, 0.4) is 0 Å². The van der Waals surface area contributed by atoms with Crippen LogP contribution >= 0.6 is 0 Å². The second-order valence-electron chi connectivity index (χ2n) is 3.60. The van der Waals surface area contributed by atoms with Gasteiger partial charge in [-0.15, -0.1) is 0 Å². The molecule has 0 saturated carbocycles. The van der Waals surface area contributed by atoms with Crippen molar-refractivity contribution in [2.75, 3.05) is 19.7 Å². The molecule has 0 radical (unpaired) electrons. The SMILES string of the molecule is CC1CNCCC1CCCO. The first kappa shape index (κ1) is 9.01. The third-order valence-electron chi connectivity index (χ3n) is 2.70. The molecule has 0 amide bonds. The minimum absolute atomic E-state index is 0.358. The van der Waals surface area contributed by atoms with Crippen molar-refractivity contribution in [1.29, 1.82) is 0 Å². The van der Waals surface area contributed by atoms with Crippen molar-refractivity contribution in [3.05, 3.63) is 0 Å². The molecule has 2 atom stereocenters. The second kappa shape index (κ2) is 4.73. The maximum Gasteiger partial charge on any atom is 0.0431 e. The van der Waals surface area contributed by atoms with Gasteiger partial charge < -0.3 is 10.4 Å². The van der Waals surface area contributed by atoms with Crippen LogP contribution in [-0.4, -0.2) is 24.8 Å². The molecule has 0 aromatic heterocycles. The van der Waals surface area contributed by atoms with Crippen molar-refractivity contribution in [2.24, 2.45) is 11.8 Å². The van der Waals surface area contributed by atoms with Crippen molar-refractivity contribution < 1.29 is 5.11 Å². The van der Waals surface area contributed by atoms with E-state index >= 15 is 0 Å². The zero-order chi connectivity index (χ0) is 8.10. The number of hydrogen-bond donors (Lipinski definition) is 2. The predicted molar refractivity (Wildman–Crippen MR) is 46.5 cm³/mol. The topological polar surface area (TPSA) is 32.3 Å². The largest absolute Gasteiger partial charge is 0.396 e. The Morgan fingerprint density at radius 2 is 2.36 bits per heavy atom. The van der Waals surface area contributed by atoms with E-state index < -0.39 is 0 Å². The minimum atomic E-state index is 0.358. The Balaban J connectivity index is 2.18. The lowest BCUT2D eigenvalue weighted by atomic mass is 9.84. The molecule has 1 aliphatic heterocycles. The molecule has 0 bridgehead atoms. The first-order valence-corrected chi connectivity index (χ1v) is 4.66. The zero-order valence-electron chi connectivity index (χ0n) is 7.34. The van der Waals surface area contributed by atoms with E-state index in [1.165, 1.54) is 19.4 Å². The predicted octanol–water partition coefficient (Wildman–Crippen LogP) is 1.00. The highest BCUT2D eigenvalue weighted by Gasteiger charge is 2.19. The highest BCUT2D eigenvalue weighted by Crippen LogP contribution is 2.22. The van der Waals surface area contributed by atoms with Gasteiger partial charge in [0, 0.05) is 6.61 Å². The van der Waals surface area contributed by atoms with Gasteiger partial charge in [-0.05, 0) is 44.2 Å². The molecule has 11 heavy (non-hydrogen) atoms. The first-order chi connectivity index (χ1) is 5.34. The highest BCUT2D eigenvalue weighted by molar-refractivity contribution is 4.74. The van der Waals surface area contributed by atoms with E-state index in [-0.39, 0.29) is 0 Å². The van der Waals surface area contributed by atoms with Crippen molar-refractivity contribution >= 4 is 0 Å². The van der Waals surface area contributed by atoms with Crippen LogP contribution < -0.4 is 5.32 Å².